The van der Waals surface area contributed by atoms with E-state index in [1.165, 1.54) is 30.6 Å². The second-order valence-electron chi connectivity index (χ2n) is 10.4. The average Bonchev–Trinajstić information content (AvgIpc) is 3.34. The molecule has 2 atom stereocenters. The molecular weight excluding hydrogens is 514 g/mol. The summed E-state index contributed by atoms with van der Waals surface area (Å²) in [6.07, 6.45) is 7.45. The molecule has 5 aliphatic rings. The third-order valence-electron chi connectivity index (χ3n) is 8.16. The minimum atomic E-state index is -0.751. The first kappa shape index (κ1) is 23.2. The van der Waals surface area contributed by atoms with Gasteiger partial charge in [-0.25, -0.2) is 14.4 Å². The van der Waals surface area contributed by atoms with Crippen LogP contribution in [0.4, 0.5) is 14.6 Å². The minimum Gasteiger partial charge on any atom is -0.384 e. The van der Waals surface area contributed by atoms with E-state index in [1.54, 1.807) is 0 Å². The Kier molecular flexibility index (Phi) is 4.91. The molecule has 1 saturated heterocycles. The summed E-state index contributed by atoms with van der Waals surface area (Å²) in [5.74, 6) is -2.00. The number of imidazole rings is 1. The highest BCUT2D eigenvalue weighted by molar-refractivity contribution is 6.40. The Balaban J connectivity index is 1.43. The zero-order valence-electron chi connectivity index (χ0n) is 20.0. The predicted octanol–water partition coefficient (Wildman–Crippen LogP) is 3.91. The Morgan fingerprint density at radius 3 is 2.76 bits per heavy atom. The molecule has 0 bridgehead atoms. The van der Waals surface area contributed by atoms with Gasteiger partial charge < -0.3 is 15.6 Å². The molecule has 3 aliphatic heterocycles. The smallest absolute Gasteiger partial charge is 0.224 e. The second kappa shape index (κ2) is 8.04. The van der Waals surface area contributed by atoms with Gasteiger partial charge in [0.1, 0.15) is 17.5 Å². The van der Waals surface area contributed by atoms with Gasteiger partial charge >= 0.3 is 0 Å². The van der Waals surface area contributed by atoms with Crippen LogP contribution in [-0.2, 0) is 9.59 Å². The number of anilines is 1. The van der Waals surface area contributed by atoms with E-state index < -0.39 is 23.5 Å². The summed E-state index contributed by atoms with van der Waals surface area (Å²) < 4.78 is 29.8. The number of halogens is 3. The van der Waals surface area contributed by atoms with E-state index in [1.807, 2.05) is 4.90 Å². The highest BCUT2D eigenvalue weighted by Crippen LogP contribution is 2.62. The quantitative estimate of drug-likeness (QED) is 0.567. The lowest BCUT2D eigenvalue weighted by Gasteiger charge is -2.42. The molecule has 0 aromatic carbocycles. The second-order valence-corrected chi connectivity index (χ2v) is 10.8. The number of pyridine rings is 1. The van der Waals surface area contributed by atoms with E-state index in [0.717, 1.165) is 24.5 Å². The first-order valence-corrected chi connectivity index (χ1v) is 12.7. The summed E-state index contributed by atoms with van der Waals surface area (Å²) in [7, 11) is 0. The lowest BCUT2D eigenvalue weighted by molar-refractivity contribution is -0.129. The Morgan fingerprint density at radius 2 is 2.00 bits per heavy atom. The number of aromatic nitrogens is 3. The molecular formula is C27H21ClF2N6O2. The fraction of sp³-hybridized carbons (Fsp3) is 0.296. The SMILES string of the molecule is Nc1ccc(-c2cnc(C3CN4C(=O)CC5(CC5)[C@H]4C4=C3C3=CC(=O)C=C(F)C3=C(Cl)C=NC4)[nH]2)c(F)n1. The number of carbonyl (C=O) groups excluding carboxylic acids is 2. The molecule has 192 valence electrons. The van der Waals surface area contributed by atoms with Crippen LogP contribution in [0.1, 0.15) is 31.0 Å². The van der Waals surface area contributed by atoms with Crippen LogP contribution in [-0.4, -0.2) is 56.9 Å². The van der Waals surface area contributed by atoms with Crippen molar-refractivity contribution in [1.29, 1.82) is 0 Å². The number of carbonyl (C=O) groups is 2. The normalized spacial score (nSPS) is 25.6. The molecule has 1 saturated carbocycles. The number of nitrogens with two attached hydrogens (primary N) is 1. The van der Waals surface area contributed by atoms with Crippen molar-refractivity contribution in [1.82, 2.24) is 19.9 Å². The Labute approximate surface area is 220 Å². The van der Waals surface area contributed by atoms with E-state index in [9.17, 15) is 14.0 Å². The number of H-pyrrole nitrogens is 1. The molecule has 2 aromatic heterocycles. The number of hydrogen-bond acceptors (Lipinski definition) is 6. The molecule has 1 unspecified atom stereocenters. The number of aliphatic imine (C=N–C) groups is 1. The first-order chi connectivity index (χ1) is 18.3. The number of ketones is 1. The summed E-state index contributed by atoms with van der Waals surface area (Å²) in [6, 6.07) is 2.79. The van der Waals surface area contributed by atoms with Crippen molar-refractivity contribution in [2.24, 2.45) is 10.4 Å². The van der Waals surface area contributed by atoms with Gasteiger partial charge in [0.15, 0.2) is 5.78 Å². The third-order valence-corrected chi connectivity index (χ3v) is 8.44. The van der Waals surface area contributed by atoms with Gasteiger partial charge in [-0.1, -0.05) is 11.6 Å². The van der Waals surface area contributed by atoms with Gasteiger partial charge in [-0.15, -0.1) is 0 Å². The van der Waals surface area contributed by atoms with Crippen molar-refractivity contribution in [3.8, 4) is 11.3 Å². The molecule has 3 N–H and O–H groups in total. The molecule has 2 aromatic rings. The summed E-state index contributed by atoms with van der Waals surface area (Å²) >= 11 is 6.48. The third kappa shape index (κ3) is 3.36. The van der Waals surface area contributed by atoms with E-state index in [4.69, 9.17) is 17.3 Å². The maximum absolute atomic E-state index is 15.2. The van der Waals surface area contributed by atoms with Crippen LogP contribution in [0.2, 0.25) is 0 Å². The van der Waals surface area contributed by atoms with Crippen LogP contribution in [0.3, 0.4) is 0 Å². The number of aromatic amines is 1. The maximum Gasteiger partial charge on any atom is 0.224 e. The van der Waals surface area contributed by atoms with Gasteiger partial charge in [0.2, 0.25) is 11.9 Å². The average molecular weight is 535 g/mol. The maximum atomic E-state index is 15.2. The highest BCUT2D eigenvalue weighted by atomic mass is 35.5. The molecule has 1 spiro atoms. The van der Waals surface area contributed by atoms with Gasteiger partial charge in [-0.2, -0.15) is 4.39 Å². The van der Waals surface area contributed by atoms with Crippen molar-refractivity contribution >= 4 is 35.3 Å². The molecule has 1 amide bonds. The Morgan fingerprint density at radius 1 is 1.18 bits per heavy atom. The Hall–Kier alpha value is -3.92. The van der Waals surface area contributed by atoms with E-state index in [2.05, 4.69) is 19.9 Å². The molecule has 7 rings (SSSR count). The van der Waals surface area contributed by atoms with Crippen LogP contribution in [0.15, 0.2) is 68.6 Å². The van der Waals surface area contributed by atoms with Gasteiger partial charge in [-0.3, -0.25) is 14.6 Å². The zero-order chi connectivity index (χ0) is 26.3. The fourth-order valence-corrected chi connectivity index (χ4v) is 6.65. The molecule has 2 aliphatic carbocycles. The number of allylic oxidation sites excluding steroid dienone is 6. The molecule has 2 fully saturated rings. The molecule has 5 heterocycles. The molecule has 38 heavy (non-hydrogen) atoms. The van der Waals surface area contributed by atoms with Crippen LogP contribution in [0.5, 0.6) is 0 Å². The van der Waals surface area contributed by atoms with Crippen molar-refractivity contribution in [3.63, 3.8) is 0 Å². The monoisotopic (exact) mass is 534 g/mol. The molecule has 11 heteroatoms. The number of amides is 1. The lowest BCUT2D eigenvalue weighted by atomic mass is 9.74. The number of nitrogens with zero attached hydrogens (tertiary/aromatic N) is 4. The number of fused-ring (bicyclic) bond motifs is 5. The van der Waals surface area contributed by atoms with E-state index >= 15 is 4.39 Å². The van der Waals surface area contributed by atoms with Gasteiger partial charge in [-0.05, 0) is 47.8 Å². The van der Waals surface area contributed by atoms with Crippen LogP contribution < -0.4 is 5.73 Å². The van der Waals surface area contributed by atoms with Gasteiger partial charge in [0.25, 0.3) is 0 Å². The molecule has 0 radical (unpaired) electrons. The van der Waals surface area contributed by atoms with E-state index in [-0.39, 0.29) is 52.4 Å². The number of nitrogens with one attached hydrogen (secondary N) is 1. The number of rotatable bonds is 2. The van der Waals surface area contributed by atoms with Crippen molar-refractivity contribution in [3.05, 3.63) is 75.4 Å². The highest BCUT2D eigenvalue weighted by Gasteiger charge is 2.62. The van der Waals surface area contributed by atoms with Crippen LogP contribution in [0, 0.1) is 11.4 Å². The summed E-state index contributed by atoms with van der Waals surface area (Å²) in [5.41, 5.74) is 7.99. The van der Waals surface area contributed by atoms with Crippen molar-refractivity contribution < 1.29 is 18.4 Å². The minimum absolute atomic E-state index is 0.0456. The van der Waals surface area contributed by atoms with Gasteiger partial charge in [0, 0.05) is 36.2 Å². The predicted molar refractivity (Wildman–Crippen MR) is 136 cm³/mol. The van der Waals surface area contributed by atoms with Gasteiger partial charge in [0.05, 0.1) is 41.0 Å². The molecule has 8 nitrogen and oxygen atoms in total. The first-order valence-electron chi connectivity index (χ1n) is 12.3. The van der Waals surface area contributed by atoms with E-state index in [0.29, 0.717) is 29.1 Å². The lowest BCUT2D eigenvalue weighted by Crippen LogP contribution is -2.46. The topological polar surface area (TPSA) is 117 Å². The van der Waals surface area contributed by atoms with Crippen LogP contribution >= 0.6 is 11.6 Å². The number of nitrogen functional groups attached to an aromatic ring is 1. The summed E-state index contributed by atoms with van der Waals surface area (Å²) in [4.78, 5) is 43.6. The zero-order valence-corrected chi connectivity index (χ0v) is 20.7. The standard InChI is InChI=1S/C27H21ClF2N6O2/c28-17-9-32-8-15-22(14-5-12(37)6-18(29)23(14)17)16(11-36-21(38)7-27(3-4-27)24(15)36)26-33-10-19(34-26)13-1-2-20(31)35-25(13)30/h1-2,5-6,9-10,16,24H,3-4,7-8,11H2,(H2,31,35)(H,33,34)/t16?,24-/m1/s1. The van der Waals surface area contributed by atoms with Crippen molar-refractivity contribution in [2.75, 3.05) is 18.8 Å². The van der Waals surface area contributed by atoms with Crippen LogP contribution in [0.25, 0.3) is 11.3 Å². The van der Waals surface area contributed by atoms with Crippen molar-refractivity contribution in [2.45, 2.75) is 31.2 Å². The summed E-state index contributed by atoms with van der Waals surface area (Å²) in [6.45, 7) is 0.511. The largest absolute Gasteiger partial charge is 0.384 e. The number of hydrogen-bond donors (Lipinski definition) is 2. The summed E-state index contributed by atoms with van der Waals surface area (Å²) in [5, 5.41) is 0.0871. The fourth-order valence-electron chi connectivity index (χ4n) is 6.39. The Bertz CT molecular complexity index is 1610.